The number of carbonyl (C=O) groups is 3. The molecule has 5 heteroatoms. The molecule has 0 aromatic carbocycles. The third-order valence-electron chi connectivity index (χ3n) is 2.57. The van der Waals surface area contributed by atoms with E-state index in [1.807, 2.05) is 0 Å². The van der Waals surface area contributed by atoms with E-state index in [4.69, 9.17) is 5.11 Å². The molecule has 2 amide bonds. The molecule has 0 aromatic rings. The first-order valence-corrected chi connectivity index (χ1v) is 5.16. The second-order valence-electron chi connectivity index (χ2n) is 4.05. The van der Waals surface area contributed by atoms with Crippen LogP contribution in [0.4, 0.5) is 0 Å². The maximum Gasteiger partial charge on any atom is 0.327 e. The van der Waals surface area contributed by atoms with Crippen molar-refractivity contribution in [3.05, 3.63) is 12.7 Å². The Labute approximate surface area is 93.7 Å². The fourth-order valence-electron chi connectivity index (χ4n) is 1.83. The predicted molar refractivity (Wildman–Crippen MR) is 56.5 cm³/mol. The van der Waals surface area contributed by atoms with E-state index in [1.54, 1.807) is 6.92 Å². The fraction of sp³-hybridized carbons (Fsp3) is 0.545. The highest BCUT2D eigenvalue weighted by Gasteiger charge is 2.38. The van der Waals surface area contributed by atoms with Crippen LogP contribution in [0.15, 0.2) is 12.7 Å². The second-order valence-corrected chi connectivity index (χ2v) is 4.05. The smallest absolute Gasteiger partial charge is 0.327 e. The number of amides is 2. The number of piperidine rings is 1. The van der Waals surface area contributed by atoms with E-state index in [1.165, 1.54) is 6.08 Å². The van der Waals surface area contributed by atoms with E-state index >= 15 is 0 Å². The van der Waals surface area contributed by atoms with E-state index in [0.29, 0.717) is 0 Å². The summed E-state index contributed by atoms with van der Waals surface area (Å²) in [4.78, 5) is 35.1. The Balaban J connectivity index is 2.90. The van der Waals surface area contributed by atoms with E-state index in [9.17, 15) is 14.4 Å². The number of imide groups is 1. The van der Waals surface area contributed by atoms with Gasteiger partial charge in [0.05, 0.1) is 0 Å². The fourth-order valence-corrected chi connectivity index (χ4v) is 1.83. The molecule has 0 bridgehead atoms. The van der Waals surface area contributed by atoms with Crippen LogP contribution in [0, 0.1) is 5.92 Å². The van der Waals surface area contributed by atoms with Crippen molar-refractivity contribution in [3.63, 3.8) is 0 Å². The highest BCUT2D eigenvalue weighted by atomic mass is 16.4. The number of rotatable bonds is 4. The molecule has 0 aromatic heterocycles. The van der Waals surface area contributed by atoms with Crippen LogP contribution < -0.4 is 0 Å². The van der Waals surface area contributed by atoms with Crippen LogP contribution in [0.2, 0.25) is 0 Å². The summed E-state index contributed by atoms with van der Waals surface area (Å²) in [5.41, 5.74) is 0. The molecule has 1 aliphatic heterocycles. The average Bonchev–Trinajstić information content (AvgIpc) is 2.14. The first kappa shape index (κ1) is 12.4. The maximum absolute atomic E-state index is 11.6. The van der Waals surface area contributed by atoms with E-state index in [2.05, 4.69) is 6.58 Å². The van der Waals surface area contributed by atoms with Gasteiger partial charge in [-0.3, -0.25) is 14.5 Å². The maximum atomic E-state index is 11.6. The van der Waals surface area contributed by atoms with Gasteiger partial charge in [0.15, 0.2) is 0 Å². The van der Waals surface area contributed by atoms with Crippen molar-refractivity contribution in [1.82, 2.24) is 4.90 Å². The second kappa shape index (κ2) is 4.92. The molecule has 1 heterocycles. The quantitative estimate of drug-likeness (QED) is 0.567. The molecule has 0 radical (unpaired) electrons. The van der Waals surface area contributed by atoms with E-state index in [0.717, 1.165) is 4.90 Å². The number of hydrogen-bond acceptors (Lipinski definition) is 3. The van der Waals surface area contributed by atoms with E-state index < -0.39 is 23.8 Å². The zero-order valence-corrected chi connectivity index (χ0v) is 9.18. The van der Waals surface area contributed by atoms with Crippen molar-refractivity contribution in [3.8, 4) is 0 Å². The van der Waals surface area contributed by atoms with Gasteiger partial charge in [-0.05, 0) is 12.3 Å². The molecule has 16 heavy (non-hydrogen) atoms. The third-order valence-corrected chi connectivity index (χ3v) is 2.57. The number of carbonyl (C=O) groups excluding carboxylic acids is 2. The molecule has 1 N–H and O–H groups in total. The van der Waals surface area contributed by atoms with Gasteiger partial charge < -0.3 is 5.11 Å². The Morgan fingerprint density at radius 1 is 1.56 bits per heavy atom. The third kappa shape index (κ3) is 2.48. The molecular formula is C11H15NO4. The summed E-state index contributed by atoms with van der Waals surface area (Å²) in [5, 5.41) is 8.96. The summed E-state index contributed by atoms with van der Waals surface area (Å²) in [6.45, 7) is 5.23. The van der Waals surface area contributed by atoms with Gasteiger partial charge in [0, 0.05) is 12.8 Å². The Morgan fingerprint density at radius 2 is 2.06 bits per heavy atom. The van der Waals surface area contributed by atoms with Crippen molar-refractivity contribution in [2.24, 2.45) is 5.92 Å². The summed E-state index contributed by atoms with van der Waals surface area (Å²) >= 11 is 0. The van der Waals surface area contributed by atoms with Crippen LogP contribution >= 0.6 is 0 Å². The molecular weight excluding hydrogens is 210 g/mol. The van der Waals surface area contributed by atoms with Crippen LogP contribution in [0.3, 0.4) is 0 Å². The topological polar surface area (TPSA) is 74.7 Å². The molecule has 1 unspecified atom stereocenters. The van der Waals surface area contributed by atoms with Gasteiger partial charge in [0.25, 0.3) is 0 Å². The minimum atomic E-state index is -1.17. The number of hydrogen-bond donors (Lipinski definition) is 1. The standard InChI is InChI=1S/C11H15NO4/c1-3-4-8(11(15)16)12-9(13)5-7(2)6-10(12)14/h3,7-8H,1,4-6H2,2H3,(H,15,16). The van der Waals surface area contributed by atoms with Gasteiger partial charge in [-0.1, -0.05) is 13.0 Å². The minimum absolute atomic E-state index is 0.00516. The molecule has 0 spiro atoms. The normalized spacial score (nSPS) is 19.7. The number of likely N-dealkylation sites (tertiary alicyclic amines) is 1. The van der Waals surface area contributed by atoms with E-state index in [-0.39, 0.29) is 25.2 Å². The lowest BCUT2D eigenvalue weighted by Gasteiger charge is -2.32. The monoisotopic (exact) mass is 225 g/mol. The zero-order chi connectivity index (χ0) is 12.3. The lowest BCUT2D eigenvalue weighted by molar-refractivity contribution is -0.161. The molecule has 1 fully saturated rings. The van der Waals surface area contributed by atoms with Gasteiger partial charge in [-0.15, -0.1) is 6.58 Å². The molecule has 1 rings (SSSR count). The lowest BCUT2D eigenvalue weighted by Crippen LogP contribution is -2.51. The van der Waals surface area contributed by atoms with Gasteiger partial charge in [-0.25, -0.2) is 4.79 Å². The van der Waals surface area contributed by atoms with Crippen molar-refractivity contribution in [2.75, 3.05) is 0 Å². The lowest BCUT2D eigenvalue weighted by atomic mass is 9.96. The summed E-state index contributed by atoms with van der Waals surface area (Å²) in [7, 11) is 0. The van der Waals surface area contributed by atoms with Crippen molar-refractivity contribution in [1.29, 1.82) is 0 Å². The van der Waals surface area contributed by atoms with Crippen molar-refractivity contribution >= 4 is 17.8 Å². The molecule has 1 atom stereocenters. The molecule has 1 saturated heterocycles. The average molecular weight is 225 g/mol. The van der Waals surface area contributed by atoms with Gasteiger partial charge in [0.1, 0.15) is 6.04 Å². The molecule has 0 saturated carbocycles. The Kier molecular flexibility index (Phi) is 3.82. The number of carboxylic acid groups (broad SMARTS) is 1. The van der Waals surface area contributed by atoms with Crippen molar-refractivity contribution in [2.45, 2.75) is 32.2 Å². The highest BCUT2D eigenvalue weighted by molar-refractivity contribution is 6.01. The Hall–Kier alpha value is -1.65. The van der Waals surface area contributed by atoms with Crippen LogP contribution in [-0.2, 0) is 14.4 Å². The Bertz CT molecular complexity index is 319. The molecule has 0 aliphatic carbocycles. The predicted octanol–water partition coefficient (Wildman–Crippen LogP) is 0.801. The van der Waals surface area contributed by atoms with Crippen LogP contribution in [0.25, 0.3) is 0 Å². The first-order valence-electron chi connectivity index (χ1n) is 5.16. The highest BCUT2D eigenvalue weighted by Crippen LogP contribution is 2.22. The Morgan fingerprint density at radius 3 is 2.44 bits per heavy atom. The van der Waals surface area contributed by atoms with Gasteiger partial charge >= 0.3 is 5.97 Å². The SMILES string of the molecule is C=CCC(C(=O)O)N1C(=O)CC(C)CC1=O. The largest absolute Gasteiger partial charge is 0.480 e. The minimum Gasteiger partial charge on any atom is -0.480 e. The summed E-state index contributed by atoms with van der Waals surface area (Å²) < 4.78 is 0. The number of carboxylic acids is 1. The van der Waals surface area contributed by atoms with Gasteiger partial charge in [0.2, 0.25) is 11.8 Å². The molecule has 5 nitrogen and oxygen atoms in total. The van der Waals surface area contributed by atoms with Crippen LogP contribution in [0.5, 0.6) is 0 Å². The molecule has 88 valence electrons. The summed E-state index contributed by atoms with van der Waals surface area (Å²) in [6.07, 6.45) is 1.94. The van der Waals surface area contributed by atoms with Crippen LogP contribution in [0.1, 0.15) is 26.2 Å². The van der Waals surface area contributed by atoms with Gasteiger partial charge in [-0.2, -0.15) is 0 Å². The van der Waals surface area contributed by atoms with Crippen LogP contribution in [-0.4, -0.2) is 33.8 Å². The summed E-state index contributed by atoms with van der Waals surface area (Å²) in [5.74, 6) is -1.98. The first-order chi connectivity index (χ1) is 7.47. The summed E-state index contributed by atoms with van der Waals surface area (Å²) in [6, 6.07) is -1.11. The molecule has 1 aliphatic rings. The zero-order valence-electron chi connectivity index (χ0n) is 9.18. The number of nitrogens with zero attached hydrogens (tertiary/aromatic N) is 1. The van der Waals surface area contributed by atoms with Crippen molar-refractivity contribution < 1.29 is 19.5 Å². The number of aliphatic carboxylic acids is 1.